The third kappa shape index (κ3) is 3.34. The minimum Gasteiger partial charge on any atom is -0.477 e. The number of alkyl halides is 3. The molecule has 3 nitrogen and oxygen atoms in total. The van der Waals surface area contributed by atoms with Crippen molar-refractivity contribution >= 4 is 12.0 Å². The van der Waals surface area contributed by atoms with Crippen LogP contribution >= 0.6 is 0 Å². The highest BCUT2D eigenvalue weighted by atomic mass is 19.4. The van der Waals surface area contributed by atoms with Crippen LogP contribution in [0, 0.1) is 11.3 Å². The molecule has 0 saturated heterocycles. The average Bonchev–Trinajstić information content (AvgIpc) is 2.25. The first-order chi connectivity index (χ1) is 7.84. The van der Waals surface area contributed by atoms with E-state index in [1.165, 1.54) is 6.07 Å². The minimum atomic E-state index is -4.44. The molecule has 0 heterocycles. The Bertz CT molecular complexity index is 495. The minimum absolute atomic E-state index is 0.219. The first-order valence-corrected chi connectivity index (χ1v) is 4.37. The molecule has 6 heteroatoms. The van der Waals surface area contributed by atoms with Gasteiger partial charge in [0.05, 0.1) is 5.56 Å². The summed E-state index contributed by atoms with van der Waals surface area (Å²) in [6, 6.07) is 5.28. The van der Waals surface area contributed by atoms with E-state index in [9.17, 15) is 18.0 Å². The molecule has 0 amide bonds. The first kappa shape index (κ1) is 12.8. The number of benzene rings is 1. The van der Waals surface area contributed by atoms with Crippen LogP contribution in [-0.4, -0.2) is 11.1 Å². The highest BCUT2D eigenvalue weighted by molar-refractivity contribution is 5.96. The zero-order valence-corrected chi connectivity index (χ0v) is 8.32. The van der Waals surface area contributed by atoms with E-state index in [4.69, 9.17) is 10.4 Å². The Morgan fingerprint density at radius 3 is 2.18 bits per heavy atom. The van der Waals surface area contributed by atoms with Crippen molar-refractivity contribution in [1.82, 2.24) is 0 Å². The molecule has 1 aromatic rings. The summed E-state index contributed by atoms with van der Waals surface area (Å²) in [7, 11) is 0. The van der Waals surface area contributed by atoms with E-state index in [2.05, 4.69) is 0 Å². The smallest absolute Gasteiger partial charge is 0.416 e. The maximum atomic E-state index is 12.2. The predicted octanol–water partition coefficient (Wildman–Crippen LogP) is 2.70. The molecule has 0 unspecified atom stereocenters. The quantitative estimate of drug-likeness (QED) is 0.639. The predicted molar refractivity (Wildman–Crippen MR) is 52.7 cm³/mol. The number of rotatable bonds is 2. The lowest BCUT2D eigenvalue weighted by Crippen LogP contribution is -2.04. The topological polar surface area (TPSA) is 61.1 Å². The van der Waals surface area contributed by atoms with Crippen LogP contribution in [0.2, 0.25) is 0 Å². The number of carboxylic acids is 1. The normalized spacial score (nSPS) is 12.0. The lowest BCUT2D eigenvalue weighted by Gasteiger charge is -2.05. The Kier molecular flexibility index (Phi) is 3.53. The van der Waals surface area contributed by atoms with Crippen molar-refractivity contribution in [2.24, 2.45) is 0 Å². The molecule has 0 radical (unpaired) electrons. The maximum absolute atomic E-state index is 12.2. The van der Waals surface area contributed by atoms with Gasteiger partial charge < -0.3 is 5.11 Å². The number of aliphatic carboxylic acids is 1. The largest absolute Gasteiger partial charge is 0.477 e. The summed E-state index contributed by atoms with van der Waals surface area (Å²) in [4.78, 5) is 10.5. The molecule has 17 heavy (non-hydrogen) atoms. The number of halogens is 3. The van der Waals surface area contributed by atoms with Crippen molar-refractivity contribution in [3.05, 3.63) is 41.0 Å². The summed E-state index contributed by atoms with van der Waals surface area (Å²) in [5.74, 6) is -1.42. The van der Waals surface area contributed by atoms with Gasteiger partial charge in [-0.1, -0.05) is 12.1 Å². The van der Waals surface area contributed by atoms with Gasteiger partial charge >= 0.3 is 12.1 Å². The third-order valence-corrected chi connectivity index (χ3v) is 1.90. The van der Waals surface area contributed by atoms with Crippen molar-refractivity contribution < 1.29 is 23.1 Å². The molecular formula is C11H6F3NO2. The molecular weight excluding hydrogens is 235 g/mol. The van der Waals surface area contributed by atoms with Crippen LogP contribution in [0.1, 0.15) is 11.1 Å². The van der Waals surface area contributed by atoms with Gasteiger partial charge in [-0.15, -0.1) is 0 Å². The number of carboxylic acid groups (broad SMARTS) is 1. The maximum Gasteiger partial charge on any atom is 0.416 e. The second-order valence-electron chi connectivity index (χ2n) is 3.09. The monoisotopic (exact) mass is 241 g/mol. The molecule has 0 aliphatic rings. The molecule has 0 aliphatic heterocycles. The van der Waals surface area contributed by atoms with Crippen LogP contribution in [0.15, 0.2) is 29.8 Å². The summed E-state index contributed by atoms with van der Waals surface area (Å²) < 4.78 is 36.6. The lowest BCUT2D eigenvalue weighted by molar-refractivity contribution is -0.137. The van der Waals surface area contributed by atoms with Gasteiger partial charge in [0.1, 0.15) is 11.6 Å². The molecule has 88 valence electrons. The summed E-state index contributed by atoms with van der Waals surface area (Å²) in [6.45, 7) is 0. The standard InChI is InChI=1S/C11H6F3NO2/c12-11(13,14)9-3-1-7(2-4-9)5-8(6-15)10(16)17/h1-5H,(H,16,17)/b8-5+. The lowest BCUT2D eigenvalue weighted by atomic mass is 10.1. The fourth-order valence-electron chi connectivity index (χ4n) is 1.08. The van der Waals surface area contributed by atoms with E-state index in [0.29, 0.717) is 0 Å². The van der Waals surface area contributed by atoms with Gasteiger partial charge in [0, 0.05) is 0 Å². The van der Waals surface area contributed by atoms with E-state index in [1.807, 2.05) is 0 Å². The Morgan fingerprint density at radius 2 is 1.82 bits per heavy atom. The van der Waals surface area contributed by atoms with Gasteiger partial charge in [0.15, 0.2) is 0 Å². The molecule has 1 rings (SSSR count). The van der Waals surface area contributed by atoms with E-state index in [0.717, 1.165) is 30.3 Å². The Hall–Kier alpha value is -2.29. The van der Waals surface area contributed by atoms with Crippen molar-refractivity contribution in [2.45, 2.75) is 6.18 Å². The van der Waals surface area contributed by atoms with Crippen molar-refractivity contribution in [3.8, 4) is 6.07 Å². The summed E-state index contributed by atoms with van der Waals surface area (Å²) in [5.41, 5.74) is -1.15. The van der Waals surface area contributed by atoms with Crippen LogP contribution in [0.5, 0.6) is 0 Å². The number of nitrogens with zero attached hydrogens (tertiary/aromatic N) is 1. The molecule has 0 aliphatic carbocycles. The number of carbonyl (C=O) groups is 1. The van der Waals surface area contributed by atoms with Gasteiger partial charge in [-0.2, -0.15) is 18.4 Å². The first-order valence-electron chi connectivity index (χ1n) is 4.37. The fourth-order valence-corrected chi connectivity index (χ4v) is 1.08. The van der Waals surface area contributed by atoms with E-state index < -0.39 is 23.3 Å². The van der Waals surface area contributed by atoms with Crippen LogP contribution in [-0.2, 0) is 11.0 Å². The average molecular weight is 241 g/mol. The number of hydrogen-bond acceptors (Lipinski definition) is 2. The molecule has 0 atom stereocenters. The van der Waals surface area contributed by atoms with Gasteiger partial charge in [0.25, 0.3) is 0 Å². The second kappa shape index (κ2) is 4.70. The van der Waals surface area contributed by atoms with Crippen molar-refractivity contribution in [3.63, 3.8) is 0 Å². The van der Waals surface area contributed by atoms with Crippen LogP contribution < -0.4 is 0 Å². The van der Waals surface area contributed by atoms with Crippen LogP contribution in [0.3, 0.4) is 0 Å². The number of hydrogen-bond donors (Lipinski definition) is 1. The summed E-state index contributed by atoms with van der Waals surface area (Å²) in [6.07, 6.45) is -3.43. The summed E-state index contributed by atoms with van der Waals surface area (Å²) >= 11 is 0. The zero-order chi connectivity index (χ0) is 13.1. The molecule has 0 aromatic heterocycles. The number of nitriles is 1. The molecule has 1 aromatic carbocycles. The molecule has 0 saturated carbocycles. The van der Waals surface area contributed by atoms with Crippen molar-refractivity contribution in [2.75, 3.05) is 0 Å². The van der Waals surface area contributed by atoms with Gasteiger partial charge in [-0.25, -0.2) is 4.79 Å². The van der Waals surface area contributed by atoms with Gasteiger partial charge in [-0.3, -0.25) is 0 Å². The SMILES string of the molecule is N#C/C(=C\c1ccc(C(F)(F)F)cc1)C(=O)O. The zero-order valence-electron chi connectivity index (χ0n) is 8.32. The Labute approximate surface area is 94.4 Å². The van der Waals surface area contributed by atoms with Crippen LogP contribution in [0.4, 0.5) is 13.2 Å². The second-order valence-corrected chi connectivity index (χ2v) is 3.09. The van der Waals surface area contributed by atoms with E-state index >= 15 is 0 Å². The Balaban J connectivity index is 3.05. The van der Waals surface area contributed by atoms with Crippen LogP contribution in [0.25, 0.3) is 6.08 Å². The van der Waals surface area contributed by atoms with E-state index in [1.54, 1.807) is 0 Å². The van der Waals surface area contributed by atoms with Crippen molar-refractivity contribution in [1.29, 1.82) is 5.26 Å². The Morgan fingerprint density at radius 1 is 1.29 bits per heavy atom. The molecule has 0 fully saturated rings. The third-order valence-electron chi connectivity index (χ3n) is 1.90. The van der Waals surface area contributed by atoms with Gasteiger partial charge in [-0.05, 0) is 23.8 Å². The van der Waals surface area contributed by atoms with Gasteiger partial charge in [0.2, 0.25) is 0 Å². The summed E-state index contributed by atoms with van der Waals surface area (Å²) in [5, 5.41) is 17.0. The molecule has 0 bridgehead atoms. The highest BCUT2D eigenvalue weighted by Crippen LogP contribution is 2.29. The van der Waals surface area contributed by atoms with E-state index in [-0.39, 0.29) is 5.56 Å². The molecule has 1 N–H and O–H groups in total. The fraction of sp³-hybridized carbons (Fsp3) is 0.0909. The highest BCUT2D eigenvalue weighted by Gasteiger charge is 2.29. The molecule has 0 spiro atoms.